The Balaban J connectivity index is 1.83. The summed E-state index contributed by atoms with van der Waals surface area (Å²) >= 11 is 0. The van der Waals surface area contributed by atoms with Crippen LogP contribution >= 0.6 is 0 Å². The lowest BCUT2D eigenvalue weighted by Gasteiger charge is -2.07. The molecule has 0 bridgehead atoms. The van der Waals surface area contributed by atoms with Gasteiger partial charge in [-0.3, -0.25) is 14.8 Å². The van der Waals surface area contributed by atoms with Gasteiger partial charge in [-0.1, -0.05) is 0 Å². The summed E-state index contributed by atoms with van der Waals surface area (Å²) in [7, 11) is -3.63. The number of hydrogen-bond acceptors (Lipinski definition) is 5. The molecule has 0 aliphatic heterocycles. The standard InChI is InChI=1S/C13H14N4O3S/c18-13(17-11-3-1-6-14-9-11)5-8-16-21(19,20)12-4-2-7-15-10-12/h1-4,6-7,9-10,16H,5,8H2,(H,17,18). The quantitative estimate of drug-likeness (QED) is 0.821. The van der Waals surface area contributed by atoms with E-state index in [0.29, 0.717) is 5.69 Å². The molecule has 7 nitrogen and oxygen atoms in total. The van der Waals surface area contributed by atoms with Crippen LogP contribution in [0.25, 0.3) is 0 Å². The summed E-state index contributed by atoms with van der Waals surface area (Å²) < 4.78 is 26.1. The van der Waals surface area contributed by atoms with Gasteiger partial charge in [0.1, 0.15) is 4.90 Å². The highest BCUT2D eigenvalue weighted by Gasteiger charge is 2.13. The number of hydrogen-bond donors (Lipinski definition) is 2. The monoisotopic (exact) mass is 306 g/mol. The van der Waals surface area contributed by atoms with E-state index in [-0.39, 0.29) is 23.8 Å². The minimum Gasteiger partial charge on any atom is -0.325 e. The molecule has 0 aliphatic carbocycles. The van der Waals surface area contributed by atoms with Crippen LogP contribution in [-0.4, -0.2) is 30.8 Å². The molecular formula is C13H14N4O3S. The van der Waals surface area contributed by atoms with Crippen molar-refractivity contribution >= 4 is 21.6 Å². The molecule has 0 radical (unpaired) electrons. The highest BCUT2D eigenvalue weighted by Crippen LogP contribution is 2.06. The highest BCUT2D eigenvalue weighted by molar-refractivity contribution is 7.89. The van der Waals surface area contributed by atoms with Crippen LogP contribution in [0, 0.1) is 0 Å². The number of nitrogens with zero attached hydrogens (tertiary/aromatic N) is 2. The summed E-state index contributed by atoms with van der Waals surface area (Å²) in [6, 6.07) is 6.36. The molecule has 0 saturated heterocycles. The van der Waals surface area contributed by atoms with E-state index in [9.17, 15) is 13.2 Å². The molecule has 8 heteroatoms. The van der Waals surface area contributed by atoms with Crippen LogP contribution in [0.15, 0.2) is 53.9 Å². The topological polar surface area (TPSA) is 101 Å². The van der Waals surface area contributed by atoms with E-state index in [4.69, 9.17) is 0 Å². The first-order valence-corrected chi connectivity index (χ1v) is 7.66. The SMILES string of the molecule is O=C(CCNS(=O)(=O)c1cccnc1)Nc1cccnc1. The molecule has 0 spiro atoms. The van der Waals surface area contributed by atoms with Gasteiger partial charge in [0.05, 0.1) is 11.9 Å². The fourth-order valence-corrected chi connectivity index (χ4v) is 2.54. The molecule has 21 heavy (non-hydrogen) atoms. The first kappa shape index (κ1) is 15.1. The van der Waals surface area contributed by atoms with Gasteiger partial charge >= 0.3 is 0 Å². The largest absolute Gasteiger partial charge is 0.325 e. The molecule has 0 unspecified atom stereocenters. The molecule has 2 aromatic rings. The van der Waals surface area contributed by atoms with E-state index in [2.05, 4.69) is 20.0 Å². The van der Waals surface area contributed by atoms with Gasteiger partial charge in [0.2, 0.25) is 15.9 Å². The van der Waals surface area contributed by atoms with Crippen LogP contribution in [0.2, 0.25) is 0 Å². The Morgan fingerprint density at radius 2 is 1.81 bits per heavy atom. The number of nitrogens with one attached hydrogen (secondary N) is 2. The Morgan fingerprint density at radius 3 is 2.43 bits per heavy atom. The van der Waals surface area contributed by atoms with Gasteiger partial charge < -0.3 is 5.32 Å². The Morgan fingerprint density at radius 1 is 1.10 bits per heavy atom. The molecule has 110 valence electrons. The maximum Gasteiger partial charge on any atom is 0.242 e. The summed E-state index contributed by atoms with van der Waals surface area (Å²) in [6.07, 6.45) is 5.86. The smallest absolute Gasteiger partial charge is 0.242 e. The number of sulfonamides is 1. The summed E-state index contributed by atoms with van der Waals surface area (Å²) in [5.74, 6) is -0.295. The summed E-state index contributed by atoms with van der Waals surface area (Å²) in [6.45, 7) is 0.00330. The minimum absolute atomic E-state index is 0.00330. The predicted octanol–water partition coefficient (Wildman–Crippen LogP) is 0.784. The van der Waals surface area contributed by atoms with Gasteiger partial charge in [-0.15, -0.1) is 0 Å². The first-order chi connectivity index (χ1) is 10.1. The van der Waals surface area contributed by atoms with E-state index in [1.54, 1.807) is 18.3 Å². The zero-order valence-corrected chi connectivity index (χ0v) is 11.9. The zero-order chi connectivity index (χ0) is 15.1. The van der Waals surface area contributed by atoms with Crippen LogP contribution in [-0.2, 0) is 14.8 Å². The van der Waals surface area contributed by atoms with E-state index < -0.39 is 10.0 Å². The van der Waals surface area contributed by atoms with Crippen molar-refractivity contribution in [2.24, 2.45) is 0 Å². The third-order valence-corrected chi connectivity index (χ3v) is 3.98. The molecule has 2 heterocycles. The van der Waals surface area contributed by atoms with Crippen molar-refractivity contribution in [3.05, 3.63) is 49.1 Å². The Hall–Kier alpha value is -2.32. The van der Waals surface area contributed by atoms with Crippen molar-refractivity contribution in [2.45, 2.75) is 11.3 Å². The minimum atomic E-state index is -3.63. The average Bonchev–Trinajstić information content (AvgIpc) is 2.49. The van der Waals surface area contributed by atoms with Crippen LogP contribution in [0.3, 0.4) is 0 Å². The molecule has 2 aromatic heterocycles. The van der Waals surface area contributed by atoms with Gasteiger partial charge in [0, 0.05) is 31.6 Å². The molecule has 0 aromatic carbocycles. The maximum absolute atomic E-state index is 11.9. The van der Waals surface area contributed by atoms with Crippen molar-refractivity contribution in [1.29, 1.82) is 0 Å². The summed E-state index contributed by atoms with van der Waals surface area (Å²) in [5, 5.41) is 2.62. The number of anilines is 1. The second-order valence-corrected chi connectivity index (χ2v) is 5.89. The van der Waals surface area contributed by atoms with Gasteiger partial charge in [0.25, 0.3) is 0 Å². The molecule has 0 atom stereocenters. The summed E-state index contributed by atoms with van der Waals surface area (Å²) in [5.41, 5.74) is 0.567. The van der Waals surface area contributed by atoms with Crippen molar-refractivity contribution in [3.63, 3.8) is 0 Å². The van der Waals surface area contributed by atoms with E-state index in [1.165, 1.54) is 30.7 Å². The molecular weight excluding hydrogens is 292 g/mol. The predicted molar refractivity (Wildman–Crippen MR) is 76.9 cm³/mol. The normalized spacial score (nSPS) is 11.0. The zero-order valence-electron chi connectivity index (χ0n) is 11.1. The van der Waals surface area contributed by atoms with E-state index in [1.807, 2.05) is 0 Å². The van der Waals surface area contributed by atoms with Crippen molar-refractivity contribution in [3.8, 4) is 0 Å². The van der Waals surface area contributed by atoms with Crippen LogP contribution in [0.5, 0.6) is 0 Å². The van der Waals surface area contributed by atoms with Crippen LogP contribution in [0.4, 0.5) is 5.69 Å². The second kappa shape index (κ2) is 6.91. The van der Waals surface area contributed by atoms with Crippen LogP contribution in [0.1, 0.15) is 6.42 Å². The lowest BCUT2D eigenvalue weighted by Crippen LogP contribution is -2.27. The van der Waals surface area contributed by atoms with Crippen molar-refractivity contribution in [2.75, 3.05) is 11.9 Å². The molecule has 2 rings (SSSR count). The molecule has 1 amide bonds. The average molecular weight is 306 g/mol. The fourth-order valence-electron chi connectivity index (χ4n) is 1.55. The number of rotatable bonds is 6. The molecule has 0 saturated carbocycles. The Bertz CT molecular complexity index is 690. The third-order valence-electron chi connectivity index (χ3n) is 2.53. The molecule has 0 aliphatic rings. The number of amides is 1. The Kier molecular flexibility index (Phi) is 4.96. The second-order valence-electron chi connectivity index (χ2n) is 4.13. The molecule has 2 N–H and O–H groups in total. The van der Waals surface area contributed by atoms with Crippen LogP contribution < -0.4 is 10.0 Å². The number of aromatic nitrogens is 2. The third kappa shape index (κ3) is 4.62. The number of carbonyl (C=O) groups is 1. The Labute approximate surface area is 122 Å². The molecule has 0 fully saturated rings. The summed E-state index contributed by atoms with van der Waals surface area (Å²) in [4.78, 5) is 19.3. The van der Waals surface area contributed by atoms with E-state index in [0.717, 1.165) is 0 Å². The fraction of sp³-hybridized carbons (Fsp3) is 0.154. The number of pyridine rings is 2. The highest BCUT2D eigenvalue weighted by atomic mass is 32.2. The van der Waals surface area contributed by atoms with Crippen molar-refractivity contribution < 1.29 is 13.2 Å². The van der Waals surface area contributed by atoms with Gasteiger partial charge in [-0.25, -0.2) is 13.1 Å². The van der Waals surface area contributed by atoms with Crippen molar-refractivity contribution in [1.82, 2.24) is 14.7 Å². The maximum atomic E-state index is 11.9. The van der Waals surface area contributed by atoms with E-state index >= 15 is 0 Å². The van der Waals surface area contributed by atoms with Gasteiger partial charge in [-0.2, -0.15) is 0 Å². The van der Waals surface area contributed by atoms with Gasteiger partial charge in [0.15, 0.2) is 0 Å². The number of carbonyl (C=O) groups excluding carboxylic acids is 1. The lowest BCUT2D eigenvalue weighted by atomic mass is 10.3. The van der Waals surface area contributed by atoms with Gasteiger partial charge in [-0.05, 0) is 24.3 Å². The lowest BCUT2D eigenvalue weighted by molar-refractivity contribution is -0.116. The first-order valence-electron chi connectivity index (χ1n) is 6.17.